The normalized spacial score (nSPS) is 19.8. The standard InChI is InChI=1S/C15H17NO4/c1-19-13(17)10-4-5-11-12(8-10)20-9-15(14(18)16-11)6-2-3-7-15/h4-5,8H,2-3,6-7,9H2,1H3,(H,16,18). The second-order valence-electron chi connectivity index (χ2n) is 5.43. The van der Waals surface area contributed by atoms with Crippen molar-refractivity contribution in [3.63, 3.8) is 0 Å². The third-order valence-electron chi connectivity index (χ3n) is 4.20. The van der Waals surface area contributed by atoms with Gasteiger partial charge in [-0.25, -0.2) is 4.79 Å². The Morgan fingerprint density at radius 1 is 1.35 bits per heavy atom. The zero-order chi connectivity index (χ0) is 14.2. The fraction of sp³-hybridized carbons (Fsp3) is 0.467. The van der Waals surface area contributed by atoms with Crippen LogP contribution in [0, 0.1) is 5.41 Å². The summed E-state index contributed by atoms with van der Waals surface area (Å²) in [7, 11) is 1.34. The second kappa shape index (κ2) is 4.81. The molecular weight excluding hydrogens is 258 g/mol. The number of ether oxygens (including phenoxy) is 2. The van der Waals surface area contributed by atoms with Crippen molar-refractivity contribution >= 4 is 17.6 Å². The van der Waals surface area contributed by atoms with Crippen molar-refractivity contribution in [3.8, 4) is 5.75 Å². The fourth-order valence-corrected chi connectivity index (χ4v) is 2.95. The Morgan fingerprint density at radius 3 is 2.80 bits per heavy atom. The summed E-state index contributed by atoms with van der Waals surface area (Å²) in [5, 5.41) is 2.92. The summed E-state index contributed by atoms with van der Waals surface area (Å²) < 4.78 is 10.5. The highest BCUT2D eigenvalue weighted by molar-refractivity contribution is 5.99. The maximum absolute atomic E-state index is 12.4. The van der Waals surface area contributed by atoms with Crippen molar-refractivity contribution < 1.29 is 19.1 Å². The predicted octanol–water partition coefficient (Wildman–Crippen LogP) is 2.36. The number of anilines is 1. The van der Waals surface area contributed by atoms with E-state index in [1.165, 1.54) is 7.11 Å². The van der Waals surface area contributed by atoms with E-state index in [1.54, 1.807) is 18.2 Å². The molecule has 1 heterocycles. The van der Waals surface area contributed by atoms with E-state index in [2.05, 4.69) is 5.32 Å². The highest BCUT2D eigenvalue weighted by Crippen LogP contribution is 2.43. The number of fused-ring (bicyclic) bond motifs is 1. The van der Waals surface area contributed by atoms with Gasteiger partial charge in [-0.05, 0) is 31.0 Å². The molecule has 106 valence electrons. The summed E-state index contributed by atoms with van der Waals surface area (Å²) in [5.41, 5.74) is 0.624. The van der Waals surface area contributed by atoms with Crippen molar-refractivity contribution in [3.05, 3.63) is 23.8 Å². The number of esters is 1. The van der Waals surface area contributed by atoms with Gasteiger partial charge in [0, 0.05) is 0 Å². The monoisotopic (exact) mass is 275 g/mol. The van der Waals surface area contributed by atoms with Crippen molar-refractivity contribution in [2.24, 2.45) is 5.41 Å². The lowest BCUT2D eigenvalue weighted by molar-refractivity contribution is -0.126. The first-order chi connectivity index (χ1) is 9.64. The number of rotatable bonds is 1. The first-order valence-corrected chi connectivity index (χ1v) is 6.81. The Morgan fingerprint density at radius 2 is 2.10 bits per heavy atom. The van der Waals surface area contributed by atoms with E-state index in [4.69, 9.17) is 9.47 Å². The molecule has 1 aliphatic heterocycles. The fourth-order valence-electron chi connectivity index (χ4n) is 2.95. The molecule has 5 nitrogen and oxygen atoms in total. The van der Waals surface area contributed by atoms with Crippen LogP contribution in [0.25, 0.3) is 0 Å². The highest BCUT2D eigenvalue weighted by Gasteiger charge is 2.43. The lowest BCUT2D eigenvalue weighted by atomic mass is 9.86. The lowest BCUT2D eigenvalue weighted by Crippen LogP contribution is -2.37. The van der Waals surface area contributed by atoms with E-state index in [0.717, 1.165) is 25.7 Å². The molecule has 0 radical (unpaired) electrons. The Hall–Kier alpha value is -2.04. The van der Waals surface area contributed by atoms with Crippen LogP contribution >= 0.6 is 0 Å². The van der Waals surface area contributed by atoms with Gasteiger partial charge in [-0.15, -0.1) is 0 Å². The van der Waals surface area contributed by atoms with Crippen molar-refractivity contribution in [1.29, 1.82) is 0 Å². The van der Waals surface area contributed by atoms with E-state index in [9.17, 15) is 9.59 Å². The zero-order valence-electron chi connectivity index (χ0n) is 11.4. The molecule has 2 aliphatic rings. The van der Waals surface area contributed by atoms with Gasteiger partial charge in [0.15, 0.2) is 0 Å². The predicted molar refractivity (Wildman–Crippen MR) is 72.8 cm³/mol. The second-order valence-corrected chi connectivity index (χ2v) is 5.43. The molecule has 5 heteroatoms. The minimum Gasteiger partial charge on any atom is -0.490 e. The highest BCUT2D eigenvalue weighted by atomic mass is 16.5. The van der Waals surface area contributed by atoms with Crippen molar-refractivity contribution in [2.75, 3.05) is 19.0 Å². The Bertz CT molecular complexity index is 561. The summed E-state index contributed by atoms with van der Waals surface area (Å²) in [5.74, 6) is 0.146. The van der Waals surface area contributed by atoms with Crippen molar-refractivity contribution in [2.45, 2.75) is 25.7 Å². The van der Waals surface area contributed by atoms with E-state index in [-0.39, 0.29) is 5.91 Å². The number of carbonyl (C=O) groups excluding carboxylic acids is 2. The average Bonchev–Trinajstić information content (AvgIpc) is 2.90. The number of hydrogen-bond donors (Lipinski definition) is 1. The van der Waals surface area contributed by atoms with Gasteiger partial charge in [0.25, 0.3) is 0 Å². The quantitative estimate of drug-likeness (QED) is 0.799. The molecule has 1 spiro atoms. The average molecular weight is 275 g/mol. The first-order valence-electron chi connectivity index (χ1n) is 6.81. The third kappa shape index (κ3) is 2.03. The SMILES string of the molecule is COC(=O)c1ccc2c(c1)OCC1(CCCC1)C(=O)N2. The number of amides is 1. The maximum atomic E-state index is 12.4. The number of nitrogens with one attached hydrogen (secondary N) is 1. The minimum absolute atomic E-state index is 0.0274. The molecule has 1 aromatic rings. The topological polar surface area (TPSA) is 64.6 Å². The summed E-state index contributed by atoms with van der Waals surface area (Å²) in [6.45, 7) is 0.371. The van der Waals surface area contributed by atoms with Crippen LogP contribution in [0.3, 0.4) is 0 Å². The van der Waals surface area contributed by atoms with Gasteiger partial charge in [-0.3, -0.25) is 4.79 Å². The Kier molecular flexibility index (Phi) is 3.12. The minimum atomic E-state index is -0.414. The van der Waals surface area contributed by atoms with Crippen LogP contribution in [0.1, 0.15) is 36.0 Å². The molecular formula is C15H17NO4. The molecule has 1 aliphatic carbocycles. The van der Waals surface area contributed by atoms with Crippen LogP contribution in [0.2, 0.25) is 0 Å². The molecule has 3 rings (SSSR count). The van der Waals surface area contributed by atoms with Crippen LogP contribution < -0.4 is 10.1 Å². The van der Waals surface area contributed by atoms with Gasteiger partial charge in [-0.1, -0.05) is 12.8 Å². The van der Waals surface area contributed by atoms with E-state index in [0.29, 0.717) is 23.6 Å². The van der Waals surface area contributed by atoms with Gasteiger partial charge in [0.1, 0.15) is 12.4 Å². The molecule has 0 unspecified atom stereocenters. The smallest absolute Gasteiger partial charge is 0.337 e. The molecule has 0 bridgehead atoms. The van der Waals surface area contributed by atoms with Crippen LogP contribution in [-0.2, 0) is 9.53 Å². The molecule has 0 aromatic heterocycles. The number of benzene rings is 1. The largest absolute Gasteiger partial charge is 0.490 e. The Balaban J connectivity index is 1.92. The number of carbonyl (C=O) groups is 2. The zero-order valence-corrected chi connectivity index (χ0v) is 11.4. The van der Waals surface area contributed by atoms with Gasteiger partial charge in [-0.2, -0.15) is 0 Å². The number of hydrogen-bond acceptors (Lipinski definition) is 4. The van der Waals surface area contributed by atoms with Gasteiger partial charge in [0.05, 0.1) is 23.8 Å². The molecule has 0 atom stereocenters. The van der Waals surface area contributed by atoms with Crippen LogP contribution in [-0.4, -0.2) is 25.6 Å². The molecule has 0 saturated heterocycles. The van der Waals surface area contributed by atoms with E-state index < -0.39 is 11.4 Å². The molecule has 1 saturated carbocycles. The summed E-state index contributed by atoms with van der Waals surface area (Å²) >= 11 is 0. The van der Waals surface area contributed by atoms with Crippen LogP contribution in [0.4, 0.5) is 5.69 Å². The van der Waals surface area contributed by atoms with E-state index >= 15 is 0 Å². The number of methoxy groups -OCH3 is 1. The molecule has 1 fully saturated rings. The lowest BCUT2D eigenvalue weighted by Gasteiger charge is -2.23. The van der Waals surface area contributed by atoms with Gasteiger partial charge >= 0.3 is 5.97 Å². The van der Waals surface area contributed by atoms with E-state index in [1.807, 2.05) is 0 Å². The summed E-state index contributed by atoms with van der Waals surface area (Å²) in [6.07, 6.45) is 3.83. The third-order valence-corrected chi connectivity index (χ3v) is 4.20. The molecule has 1 amide bonds. The molecule has 1 aromatic carbocycles. The summed E-state index contributed by atoms with van der Waals surface area (Å²) in [4.78, 5) is 23.9. The van der Waals surface area contributed by atoms with Crippen molar-refractivity contribution in [1.82, 2.24) is 0 Å². The maximum Gasteiger partial charge on any atom is 0.337 e. The molecule has 1 N–H and O–H groups in total. The summed E-state index contributed by atoms with van der Waals surface area (Å²) in [6, 6.07) is 4.93. The van der Waals surface area contributed by atoms with Gasteiger partial charge in [0.2, 0.25) is 5.91 Å². The van der Waals surface area contributed by atoms with Gasteiger partial charge < -0.3 is 14.8 Å². The molecule has 20 heavy (non-hydrogen) atoms. The van der Waals surface area contributed by atoms with Crippen LogP contribution in [0.5, 0.6) is 5.75 Å². The van der Waals surface area contributed by atoms with Crippen LogP contribution in [0.15, 0.2) is 18.2 Å². The Labute approximate surface area is 117 Å². The first kappa shape index (κ1) is 13.0.